The highest BCUT2D eigenvalue weighted by atomic mass is 79.9. The zero-order chi connectivity index (χ0) is 13.1. The zero-order valence-corrected chi connectivity index (χ0v) is 11.4. The summed E-state index contributed by atoms with van der Waals surface area (Å²) in [7, 11) is 0. The molecular weight excluding hydrogens is 302 g/mol. The van der Waals surface area contributed by atoms with Crippen LogP contribution in [-0.2, 0) is 0 Å². The van der Waals surface area contributed by atoms with Crippen molar-refractivity contribution in [2.75, 3.05) is 0 Å². The molecule has 0 bridgehead atoms. The maximum absolute atomic E-state index is 13.4. The third kappa shape index (κ3) is 2.69. The third-order valence-corrected chi connectivity index (χ3v) is 3.89. The average Bonchev–Trinajstić information content (AvgIpc) is 2.64. The lowest BCUT2D eigenvalue weighted by Gasteiger charge is -2.07. The van der Waals surface area contributed by atoms with Gasteiger partial charge in [0, 0.05) is 5.56 Å². The number of halogens is 3. The van der Waals surface area contributed by atoms with Crippen molar-refractivity contribution >= 4 is 21.7 Å². The molecule has 0 atom stereocenters. The summed E-state index contributed by atoms with van der Waals surface area (Å²) in [6.45, 7) is 0. The molecule has 0 aliphatic heterocycles. The Morgan fingerprint density at radius 2 is 1.94 bits per heavy atom. The SMILES string of the molecule is O=C(C1=CCCCCC1)c1ccc(F)c(F)c1Br. The summed E-state index contributed by atoms with van der Waals surface area (Å²) in [5.74, 6) is -2.16. The number of Topliss-reactive ketones (excluding diaryl/α,β-unsaturated/α-hetero) is 1. The van der Waals surface area contributed by atoms with E-state index >= 15 is 0 Å². The smallest absolute Gasteiger partial charge is 0.189 e. The molecular formula is C14H13BrF2O. The fourth-order valence-corrected chi connectivity index (χ4v) is 2.60. The van der Waals surface area contributed by atoms with E-state index in [1.54, 1.807) is 0 Å². The Morgan fingerprint density at radius 3 is 2.72 bits per heavy atom. The van der Waals surface area contributed by atoms with Gasteiger partial charge >= 0.3 is 0 Å². The van der Waals surface area contributed by atoms with Gasteiger partial charge in [0.2, 0.25) is 0 Å². The Labute approximate surface area is 113 Å². The number of hydrogen-bond donors (Lipinski definition) is 0. The maximum atomic E-state index is 13.4. The van der Waals surface area contributed by atoms with Gasteiger partial charge in [-0.15, -0.1) is 0 Å². The number of ketones is 1. The molecule has 96 valence electrons. The molecule has 1 nitrogen and oxygen atoms in total. The van der Waals surface area contributed by atoms with Gasteiger partial charge in [0.05, 0.1) is 4.47 Å². The second-order valence-corrected chi connectivity index (χ2v) is 5.17. The minimum Gasteiger partial charge on any atom is -0.289 e. The molecule has 0 aromatic heterocycles. The quantitative estimate of drug-likeness (QED) is 0.566. The Morgan fingerprint density at radius 1 is 1.17 bits per heavy atom. The second-order valence-electron chi connectivity index (χ2n) is 4.38. The fraction of sp³-hybridized carbons (Fsp3) is 0.357. The summed E-state index contributed by atoms with van der Waals surface area (Å²) in [5, 5.41) is 0. The first-order valence-corrected chi connectivity index (χ1v) is 6.78. The van der Waals surface area contributed by atoms with E-state index in [-0.39, 0.29) is 15.8 Å². The van der Waals surface area contributed by atoms with Crippen molar-refractivity contribution in [2.45, 2.75) is 32.1 Å². The van der Waals surface area contributed by atoms with Crippen molar-refractivity contribution in [1.29, 1.82) is 0 Å². The van der Waals surface area contributed by atoms with Crippen molar-refractivity contribution < 1.29 is 13.6 Å². The number of hydrogen-bond acceptors (Lipinski definition) is 1. The van der Waals surface area contributed by atoms with Crippen LogP contribution in [0.25, 0.3) is 0 Å². The van der Waals surface area contributed by atoms with E-state index in [0.717, 1.165) is 31.7 Å². The number of carbonyl (C=O) groups excluding carboxylic acids is 1. The first-order valence-electron chi connectivity index (χ1n) is 5.98. The molecule has 0 N–H and O–H groups in total. The molecule has 0 saturated carbocycles. The molecule has 1 aliphatic rings. The Kier molecular flexibility index (Phi) is 4.27. The summed E-state index contributed by atoms with van der Waals surface area (Å²) in [6, 6.07) is 2.32. The van der Waals surface area contributed by atoms with Gasteiger partial charge in [-0.2, -0.15) is 0 Å². The van der Waals surface area contributed by atoms with Gasteiger partial charge in [-0.05, 0) is 59.3 Å². The first kappa shape index (κ1) is 13.4. The van der Waals surface area contributed by atoms with E-state index in [9.17, 15) is 13.6 Å². The van der Waals surface area contributed by atoms with Crippen LogP contribution in [0.1, 0.15) is 42.5 Å². The van der Waals surface area contributed by atoms with Gasteiger partial charge in [-0.1, -0.05) is 12.5 Å². The monoisotopic (exact) mass is 314 g/mol. The van der Waals surface area contributed by atoms with Gasteiger partial charge in [0.1, 0.15) is 0 Å². The van der Waals surface area contributed by atoms with E-state index in [4.69, 9.17) is 0 Å². The number of allylic oxidation sites excluding steroid dienone is 2. The number of rotatable bonds is 2. The molecule has 0 saturated heterocycles. The van der Waals surface area contributed by atoms with E-state index in [0.29, 0.717) is 12.0 Å². The fourth-order valence-electron chi connectivity index (χ4n) is 2.10. The van der Waals surface area contributed by atoms with E-state index < -0.39 is 11.6 Å². The van der Waals surface area contributed by atoms with Crippen LogP contribution in [0.5, 0.6) is 0 Å². The van der Waals surface area contributed by atoms with Crippen molar-refractivity contribution in [1.82, 2.24) is 0 Å². The minimum absolute atomic E-state index is 0.0855. The van der Waals surface area contributed by atoms with Gasteiger partial charge in [-0.3, -0.25) is 4.79 Å². The van der Waals surface area contributed by atoms with Crippen LogP contribution < -0.4 is 0 Å². The number of benzene rings is 1. The molecule has 4 heteroatoms. The molecule has 0 amide bonds. The van der Waals surface area contributed by atoms with E-state index in [1.807, 2.05) is 6.08 Å². The molecule has 0 fully saturated rings. The molecule has 0 heterocycles. The normalized spacial score (nSPS) is 16.1. The van der Waals surface area contributed by atoms with Crippen molar-refractivity contribution in [3.05, 3.63) is 45.5 Å². The summed E-state index contributed by atoms with van der Waals surface area (Å²) in [6.07, 6.45) is 6.66. The van der Waals surface area contributed by atoms with Crippen LogP contribution in [0.15, 0.2) is 28.3 Å². The zero-order valence-electron chi connectivity index (χ0n) is 9.81. The van der Waals surface area contributed by atoms with Gasteiger partial charge in [0.25, 0.3) is 0 Å². The molecule has 18 heavy (non-hydrogen) atoms. The molecule has 2 rings (SSSR count). The Bertz CT molecular complexity index is 509. The molecule has 0 spiro atoms. The third-order valence-electron chi connectivity index (χ3n) is 3.11. The minimum atomic E-state index is -1.00. The molecule has 0 radical (unpaired) electrons. The lowest BCUT2D eigenvalue weighted by atomic mass is 9.99. The number of carbonyl (C=O) groups is 1. The Hall–Kier alpha value is -1.03. The summed E-state index contributed by atoms with van der Waals surface area (Å²) in [4.78, 5) is 12.2. The summed E-state index contributed by atoms with van der Waals surface area (Å²) < 4.78 is 26.3. The average molecular weight is 315 g/mol. The summed E-state index contributed by atoms with van der Waals surface area (Å²) >= 11 is 2.95. The predicted molar refractivity (Wildman–Crippen MR) is 69.6 cm³/mol. The molecule has 0 unspecified atom stereocenters. The van der Waals surface area contributed by atoms with Crippen LogP contribution >= 0.6 is 15.9 Å². The van der Waals surface area contributed by atoms with Crippen LogP contribution in [0.2, 0.25) is 0 Å². The van der Waals surface area contributed by atoms with Gasteiger partial charge in [0.15, 0.2) is 17.4 Å². The second kappa shape index (κ2) is 5.74. The lowest BCUT2D eigenvalue weighted by molar-refractivity contribution is 0.102. The van der Waals surface area contributed by atoms with Crippen LogP contribution in [0.4, 0.5) is 8.78 Å². The highest BCUT2D eigenvalue weighted by Gasteiger charge is 2.20. The van der Waals surface area contributed by atoms with Gasteiger partial charge in [-0.25, -0.2) is 8.78 Å². The van der Waals surface area contributed by atoms with Crippen LogP contribution in [0.3, 0.4) is 0 Å². The van der Waals surface area contributed by atoms with Crippen molar-refractivity contribution in [2.24, 2.45) is 0 Å². The van der Waals surface area contributed by atoms with E-state index in [1.165, 1.54) is 6.07 Å². The lowest BCUT2D eigenvalue weighted by Crippen LogP contribution is -2.06. The predicted octanol–water partition coefficient (Wildman–Crippen LogP) is 4.80. The first-order chi connectivity index (χ1) is 8.61. The van der Waals surface area contributed by atoms with Crippen LogP contribution in [-0.4, -0.2) is 5.78 Å². The highest BCUT2D eigenvalue weighted by molar-refractivity contribution is 9.10. The topological polar surface area (TPSA) is 17.1 Å². The van der Waals surface area contributed by atoms with E-state index in [2.05, 4.69) is 15.9 Å². The molecule has 1 aromatic rings. The molecule has 1 aromatic carbocycles. The largest absolute Gasteiger partial charge is 0.289 e. The van der Waals surface area contributed by atoms with Crippen molar-refractivity contribution in [3.8, 4) is 0 Å². The van der Waals surface area contributed by atoms with Gasteiger partial charge < -0.3 is 0 Å². The Balaban J connectivity index is 2.34. The standard InChI is InChI=1S/C14H13BrF2O/c15-12-10(7-8-11(16)13(12)17)14(18)9-5-3-1-2-4-6-9/h5,7-8H,1-4,6H2. The maximum Gasteiger partial charge on any atom is 0.189 e. The van der Waals surface area contributed by atoms with Crippen LogP contribution in [0, 0.1) is 11.6 Å². The van der Waals surface area contributed by atoms with Crippen molar-refractivity contribution in [3.63, 3.8) is 0 Å². The molecule has 1 aliphatic carbocycles. The summed E-state index contributed by atoms with van der Waals surface area (Å²) in [5.41, 5.74) is 0.904. The highest BCUT2D eigenvalue weighted by Crippen LogP contribution is 2.27.